The predicted octanol–water partition coefficient (Wildman–Crippen LogP) is 2.99. The van der Waals surface area contributed by atoms with Crippen LogP contribution in [-0.2, 0) is 6.54 Å². The Bertz CT molecular complexity index is 380. The molecule has 0 aliphatic carbocycles. The largest absolute Gasteiger partial charge is 0.496 e. The highest BCUT2D eigenvalue weighted by molar-refractivity contribution is 5.50. The summed E-state index contributed by atoms with van der Waals surface area (Å²) < 4.78 is 16.0. The third-order valence-electron chi connectivity index (χ3n) is 3.06. The molecule has 108 valence electrons. The average molecular weight is 267 g/mol. The van der Waals surface area contributed by atoms with Gasteiger partial charge in [-0.3, -0.25) is 0 Å². The van der Waals surface area contributed by atoms with Crippen LogP contribution in [0.2, 0.25) is 0 Å². The van der Waals surface area contributed by atoms with Crippen molar-refractivity contribution in [2.45, 2.75) is 32.7 Å². The second-order valence-corrected chi connectivity index (χ2v) is 4.40. The summed E-state index contributed by atoms with van der Waals surface area (Å²) in [6.07, 6.45) is 3.70. The Kier molecular flexibility index (Phi) is 7.11. The molecule has 0 saturated heterocycles. The zero-order valence-electron chi connectivity index (χ0n) is 12.4. The van der Waals surface area contributed by atoms with E-state index in [0.29, 0.717) is 5.75 Å². The number of methoxy groups -OCH3 is 3. The van der Waals surface area contributed by atoms with Crippen molar-refractivity contribution in [2.24, 2.45) is 0 Å². The lowest BCUT2D eigenvalue weighted by molar-refractivity contribution is 0.347. The quantitative estimate of drug-likeness (QED) is 0.698. The van der Waals surface area contributed by atoms with Crippen LogP contribution in [-0.4, -0.2) is 27.9 Å². The van der Waals surface area contributed by atoms with Crippen LogP contribution in [0, 0.1) is 0 Å². The lowest BCUT2D eigenvalue weighted by atomic mass is 10.1. The Morgan fingerprint density at radius 3 is 2.11 bits per heavy atom. The molecule has 0 fully saturated rings. The van der Waals surface area contributed by atoms with E-state index in [2.05, 4.69) is 12.2 Å². The molecule has 4 heteroatoms. The van der Waals surface area contributed by atoms with E-state index < -0.39 is 0 Å². The maximum atomic E-state index is 5.39. The summed E-state index contributed by atoms with van der Waals surface area (Å²) in [7, 11) is 4.94. The summed E-state index contributed by atoms with van der Waals surface area (Å²) in [6.45, 7) is 4.00. The summed E-state index contributed by atoms with van der Waals surface area (Å²) >= 11 is 0. The number of benzene rings is 1. The second-order valence-electron chi connectivity index (χ2n) is 4.40. The average Bonchev–Trinajstić information content (AvgIpc) is 2.46. The molecule has 0 aliphatic rings. The molecule has 0 heterocycles. The topological polar surface area (TPSA) is 39.7 Å². The molecule has 0 spiro atoms. The van der Waals surface area contributed by atoms with Gasteiger partial charge in [-0.1, -0.05) is 19.8 Å². The fourth-order valence-electron chi connectivity index (χ4n) is 1.95. The predicted molar refractivity (Wildman–Crippen MR) is 77.3 cm³/mol. The molecule has 4 nitrogen and oxygen atoms in total. The highest BCUT2D eigenvalue weighted by Crippen LogP contribution is 2.34. The van der Waals surface area contributed by atoms with E-state index in [1.807, 2.05) is 12.1 Å². The minimum atomic E-state index is 0.689. The monoisotopic (exact) mass is 267 g/mol. The molecule has 19 heavy (non-hydrogen) atoms. The van der Waals surface area contributed by atoms with Gasteiger partial charge in [0.25, 0.3) is 0 Å². The molecular formula is C15H25NO3. The van der Waals surface area contributed by atoms with Crippen LogP contribution in [0.25, 0.3) is 0 Å². The maximum absolute atomic E-state index is 5.39. The van der Waals surface area contributed by atoms with Crippen LogP contribution in [0.5, 0.6) is 17.2 Å². The lowest BCUT2D eigenvalue weighted by Gasteiger charge is -2.14. The van der Waals surface area contributed by atoms with Crippen molar-refractivity contribution in [3.05, 3.63) is 17.7 Å². The van der Waals surface area contributed by atoms with Gasteiger partial charge < -0.3 is 19.5 Å². The summed E-state index contributed by atoms with van der Waals surface area (Å²) in [4.78, 5) is 0. The van der Waals surface area contributed by atoms with Crippen molar-refractivity contribution in [2.75, 3.05) is 27.9 Å². The first kappa shape index (κ1) is 15.6. The molecule has 1 aromatic rings. The zero-order valence-corrected chi connectivity index (χ0v) is 12.4. The molecule has 0 bridgehead atoms. The SMILES string of the molecule is CCCCCNCc1cc(OC)c(OC)cc1OC. The van der Waals surface area contributed by atoms with Gasteiger partial charge in [-0.25, -0.2) is 0 Å². The van der Waals surface area contributed by atoms with Gasteiger partial charge in [0.15, 0.2) is 11.5 Å². The Morgan fingerprint density at radius 1 is 0.895 bits per heavy atom. The molecule has 0 amide bonds. The smallest absolute Gasteiger partial charge is 0.164 e. The fourth-order valence-corrected chi connectivity index (χ4v) is 1.95. The van der Waals surface area contributed by atoms with Gasteiger partial charge in [0.2, 0.25) is 0 Å². The molecule has 1 aromatic carbocycles. The highest BCUT2D eigenvalue weighted by Gasteiger charge is 2.11. The highest BCUT2D eigenvalue weighted by atomic mass is 16.5. The number of hydrogen-bond acceptors (Lipinski definition) is 4. The third kappa shape index (κ3) is 4.63. The molecular weight excluding hydrogens is 242 g/mol. The van der Waals surface area contributed by atoms with Crippen molar-refractivity contribution < 1.29 is 14.2 Å². The molecule has 1 N–H and O–H groups in total. The normalized spacial score (nSPS) is 10.3. The first-order valence-electron chi connectivity index (χ1n) is 6.76. The van der Waals surface area contributed by atoms with Gasteiger partial charge >= 0.3 is 0 Å². The fraction of sp³-hybridized carbons (Fsp3) is 0.600. The van der Waals surface area contributed by atoms with E-state index in [0.717, 1.165) is 30.2 Å². The van der Waals surface area contributed by atoms with Crippen LogP contribution < -0.4 is 19.5 Å². The van der Waals surface area contributed by atoms with E-state index in [1.54, 1.807) is 21.3 Å². The standard InChI is InChI=1S/C15H25NO3/c1-5-6-7-8-16-11-12-9-14(18-3)15(19-4)10-13(12)17-2/h9-10,16H,5-8,11H2,1-4H3. The van der Waals surface area contributed by atoms with Crippen LogP contribution >= 0.6 is 0 Å². The number of unbranched alkanes of at least 4 members (excludes halogenated alkanes) is 2. The van der Waals surface area contributed by atoms with Crippen molar-refractivity contribution in [3.8, 4) is 17.2 Å². The summed E-state index contributed by atoms with van der Waals surface area (Å²) in [5.74, 6) is 2.24. The molecule has 0 saturated carbocycles. The first-order chi connectivity index (χ1) is 9.26. The van der Waals surface area contributed by atoms with Gasteiger partial charge in [0, 0.05) is 18.2 Å². The number of ether oxygens (including phenoxy) is 3. The Labute approximate surface area is 116 Å². The molecule has 1 rings (SSSR count). The van der Waals surface area contributed by atoms with Crippen LogP contribution in [0.15, 0.2) is 12.1 Å². The molecule has 0 atom stereocenters. The number of nitrogens with one attached hydrogen (secondary N) is 1. The summed E-state index contributed by atoms with van der Waals surface area (Å²) in [6, 6.07) is 3.83. The first-order valence-corrected chi connectivity index (χ1v) is 6.76. The van der Waals surface area contributed by atoms with Gasteiger partial charge in [0.1, 0.15) is 5.75 Å². The van der Waals surface area contributed by atoms with Gasteiger partial charge in [0.05, 0.1) is 21.3 Å². The molecule has 0 aliphatic heterocycles. The van der Waals surface area contributed by atoms with Crippen LogP contribution in [0.4, 0.5) is 0 Å². The van der Waals surface area contributed by atoms with Crippen molar-refractivity contribution in [1.29, 1.82) is 0 Å². The molecule has 0 unspecified atom stereocenters. The molecule has 0 aromatic heterocycles. The van der Waals surface area contributed by atoms with E-state index in [-0.39, 0.29) is 0 Å². The minimum absolute atomic E-state index is 0.689. The summed E-state index contributed by atoms with van der Waals surface area (Å²) in [5, 5.41) is 3.42. The number of rotatable bonds is 9. The van der Waals surface area contributed by atoms with Gasteiger partial charge in [-0.05, 0) is 19.0 Å². The Morgan fingerprint density at radius 2 is 1.53 bits per heavy atom. The van der Waals surface area contributed by atoms with E-state index >= 15 is 0 Å². The van der Waals surface area contributed by atoms with Crippen molar-refractivity contribution >= 4 is 0 Å². The number of hydrogen-bond donors (Lipinski definition) is 1. The van der Waals surface area contributed by atoms with Crippen molar-refractivity contribution in [1.82, 2.24) is 5.32 Å². The zero-order chi connectivity index (χ0) is 14.1. The second kappa shape index (κ2) is 8.64. The third-order valence-corrected chi connectivity index (χ3v) is 3.06. The summed E-state index contributed by atoms with van der Waals surface area (Å²) in [5.41, 5.74) is 1.08. The van der Waals surface area contributed by atoms with Gasteiger partial charge in [-0.2, -0.15) is 0 Å². The van der Waals surface area contributed by atoms with E-state index in [1.165, 1.54) is 19.3 Å². The van der Waals surface area contributed by atoms with Crippen LogP contribution in [0.1, 0.15) is 31.7 Å². The lowest BCUT2D eigenvalue weighted by Crippen LogP contribution is -2.15. The van der Waals surface area contributed by atoms with Crippen molar-refractivity contribution in [3.63, 3.8) is 0 Å². The van der Waals surface area contributed by atoms with E-state index in [4.69, 9.17) is 14.2 Å². The van der Waals surface area contributed by atoms with Gasteiger partial charge in [-0.15, -0.1) is 0 Å². The minimum Gasteiger partial charge on any atom is -0.496 e. The van der Waals surface area contributed by atoms with Crippen LogP contribution in [0.3, 0.4) is 0 Å². The Hall–Kier alpha value is -1.42. The molecule has 0 radical (unpaired) electrons. The van der Waals surface area contributed by atoms with E-state index in [9.17, 15) is 0 Å². The Balaban J connectivity index is 2.70. The maximum Gasteiger partial charge on any atom is 0.164 e.